The first-order valence-electron chi connectivity index (χ1n) is 29.2. The predicted molar refractivity (Wildman–Crippen MR) is 317 cm³/mol. The van der Waals surface area contributed by atoms with Crippen molar-refractivity contribution in [3.63, 3.8) is 0 Å². The van der Waals surface area contributed by atoms with Crippen LogP contribution in [-0.2, 0) is 21.9 Å². The van der Waals surface area contributed by atoms with Gasteiger partial charge in [-0.25, -0.2) is 18.4 Å². The number of benzene rings is 6. The van der Waals surface area contributed by atoms with Crippen LogP contribution in [0.25, 0.3) is 0 Å². The molecule has 4 fully saturated rings. The predicted octanol–water partition coefficient (Wildman–Crippen LogP) is 14.6. The Morgan fingerprint density at radius 1 is 0.494 bits per heavy atom. The zero-order valence-electron chi connectivity index (χ0n) is 48.7. The normalized spacial score (nSPS) is 18.8. The Balaban J connectivity index is 0.000000196. The molecular weight excluding hydrogens is 1170 g/mol. The van der Waals surface area contributed by atoms with E-state index in [9.17, 15) is 74.1 Å². The molecule has 2 saturated carbocycles. The quantitative estimate of drug-likeness (QED) is 0.0423. The molecule has 2 heterocycles. The molecule has 0 aromatic heterocycles. The van der Waals surface area contributed by atoms with E-state index in [1.807, 2.05) is 48.5 Å². The molecule has 23 heteroatoms. The number of piperidine rings is 2. The minimum atomic E-state index is -4.96. The maximum Gasteiger partial charge on any atom is 0.417 e. The standard InChI is InChI=1S/C33H33F4N3O4.C25H29FN2O3.C8H6F3NO2/c1-19-6-4-10-27(34)28(19)31(42)40-17-5-9-25(29(40)20-11-13-22(14-12-20)38-21-7-2-3-8-21)30(41)39-23-15-16-24(32(43)44)26(18-23)33(35,36)37;1-16-6-4-10-21(26)22(16)24(29)28-15-5-9-20(25(30)31)23(28)17-11-13-19(14-12-17)27-18-7-2-3-8-18;9-8(10,11)6-3-4(12)1-2-5(6)7(13)14/h4,6,10-16,18,21,25,29,38H,2-3,5,7-9,17H2,1H3,(H,39,41)(H,43,44);4,6,10-14,18,20,23,27H,2-3,5,7-9,15H2,1H3,(H,30,31);1-3H,12H2,(H,13,14)/t25-,29?;20-,23?;/m00./s1. The van der Waals surface area contributed by atoms with Crippen LogP contribution in [0.5, 0.6) is 0 Å². The van der Waals surface area contributed by atoms with E-state index in [1.54, 1.807) is 36.9 Å². The Kier molecular flexibility index (Phi) is 21.1. The van der Waals surface area contributed by atoms with Gasteiger partial charge < -0.3 is 46.8 Å². The lowest BCUT2D eigenvalue weighted by molar-refractivity contribution is -0.145. The molecule has 2 saturated heterocycles. The molecule has 0 bridgehead atoms. The summed E-state index contributed by atoms with van der Waals surface area (Å²) in [5, 5.41) is 37.1. The average molecular weight is 1240 g/mol. The van der Waals surface area contributed by atoms with Crippen molar-refractivity contribution in [3.05, 3.63) is 189 Å². The summed E-state index contributed by atoms with van der Waals surface area (Å²) in [6, 6.07) is 28.4. The van der Waals surface area contributed by atoms with E-state index in [0.29, 0.717) is 73.1 Å². The second kappa shape index (κ2) is 28.4. The SMILES string of the molecule is Cc1cccc(F)c1C(=O)N1CCC[C@H](C(=O)Nc2ccc(C(=O)O)c(C(F)(F)F)c2)C1c1ccc(NC2CCCC2)cc1.Cc1cccc(F)c1C(=O)N1CCC[C@H](C(=O)O)C1c1ccc(NC2CCCC2)cc1.Nc1ccc(C(=O)O)c(C(F)(F)F)c1. The lowest BCUT2D eigenvalue weighted by atomic mass is 9.83. The topological polar surface area (TPSA) is 232 Å². The van der Waals surface area contributed by atoms with Crippen LogP contribution in [0, 0.1) is 37.3 Å². The number of nitrogens with zero attached hydrogens (tertiary/aromatic N) is 2. The number of anilines is 4. The highest BCUT2D eigenvalue weighted by molar-refractivity contribution is 5.99. The summed E-state index contributed by atoms with van der Waals surface area (Å²) in [6.45, 7) is 3.98. The van der Waals surface area contributed by atoms with Crippen molar-refractivity contribution >= 4 is 58.4 Å². The van der Waals surface area contributed by atoms with Gasteiger partial charge in [0.25, 0.3) is 11.8 Å². The summed E-state index contributed by atoms with van der Waals surface area (Å²) < 4.78 is 107. The van der Waals surface area contributed by atoms with Crippen LogP contribution in [0.4, 0.5) is 57.9 Å². The van der Waals surface area contributed by atoms with Crippen LogP contribution >= 0.6 is 0 Å². The average Bonchev–Trinajstić information content (AvgIpc) is 3.14. The van der Waals surface area contributed by atoms with Crippen molar-refractivity contribution in [2.75, 3.05) is 34.8 Å². The van der Waals surface area contributed by atoms with Gasteiger partial charge >= 0.3 is 30.3 Å². The maximum atomic E-state index is 14.9. The summed E-state index contributed by atoms with van der Waals surface area (Å²) in [5.41, 5.74) is 4.63. The molecule has 2 aliphatic carbocycles. The van der Waals surface area contributed by atoms with E-state index in [0.717, 1.165) is 79.7 Å². The largest absolute Gasteiger partial charge is 0.481 e. The molecule has 6 aromatic rings. The number of nitrogens with two attached hydrogens (primary N) is 1. The number of alkyl halides is 6. The van der Waals surface area contributed by atoms with Crippen molar-refractivity contribution in [2.45, 2.75) is 127 Å². The Hall–Kier alpha value is -9.02. The maximum absolute atomic E-state index is 14.9. The number of carboxylic acid groups (broad SMARTS) is 3. The summed E-state index contributed by atoms with van der Waals surface area (Å²) in [6.07, 6.45) is 1.38. The van der Waals surface area contributed by atoms with Gasteiger partial charge in [-0.1, -0.05) is 74.2 Å². The Labute approximate surface area is 508 Å². The van der Waals surface area contributed by atoms with Crippen LogP contribution < -0.4 is 21.7 Å². The van der Waals surface area contributed by atoms with E-state index in [2.05, 4.69) is 16.0 Å². The fraction of sp³-hybridized carbons (Fsp3) is 0.364. The molecule has 4 aliphatic rings. The summed E-state index contributed by atoms with van der Waals surface area (Å²) in [5.74, 6) is -8.83. The first kappa shape index (κ1) is 65.9. The molecule has 0 spiro atoms. The molecule has 0 radical (unpaired) electrons. The van der Waals surface area contributed by atoms with E-state index in [1.165, 1.54) is 35.9 Å². The highest BCUT2D eigenvalue weighted by Crippen LogP contribution is 2.42. The Morgan fingerprint density at radius 3 is 1.29 bits per heavy atom. The minimum Gasteiger partial charge on any atom is -0.481 e. The third-order valence-corrected chi connectivity index (χ3v) is 16.7. The zero-order chi connectivity index (χ0) is 64.5. The molecule has 2 unspecified atom stereocenters. The van der Waals surface area contributed by atoms with Crippen molar-refractivity contribution in [1.82, 2.24) is 9.80 Å². The number of halogens is 8. The van der Waals surface area contributed by atoms with Gasteiger partial charge in [-0.2, -0.15) is 26.3 Å². The number of carboxylic acids is 3. The monoisotopic (exact) mass is 1240 g/mol. The third-order valence-electron chi connectivity index (χ3n) is 16.7. The van der Waals surface area contributed by atoms with Crippen molar-refractivity contribution in [1.29, 1.82) is 0 Å². The van der Waals surface area contributed by atoms with Crippen LogP contribution in [0.15, 0.2) is 121 Å². The second-order valence-corrected chi connectivity index (χ2v) is 22.7. The lowest BCUT2D eigenvalue weighted by Gasteiger charge is -2.41. The van der Waals surface area contributed by atoms with Gasteiger partial charge in [-0.05, 0) is 160 Å². The van der Waals surface area contributed by atoms with Gasteiger partial charge in [0.1, 0.15) is 11.6 Å². The van der Waals surface area contributed by atoms with Crippen LogP contribution in [0.3, 0.4) is 0 Å². The molecule has 10 rings (SSSR count). The fourth-order valence-electron chi connectivity index (χ4n) is 12.3. The molecule has 89 heavy (non-hydrogen) atoms. The number of hydrogen-bond acceptors (Lipinski definition) is 9. The molecule has 4 atom stereocenters. The van der Waals surface area contributed by atoms with E-state index in [4.69, 9.17) is 10.8 Å². The second-order valence-electron chi connectivity index (χ2n) is 22.7. The fourth-order valence-corrected chi connectivity index (χ4v) is 12.3. The van der Waals surface area contributed by atoms with Crippen LogP contribution in [-0.4, -0.2) is 85.9 Å². The number of aryl methyl sites for hydroxylation is 2. The van der Waals surface area contributed by atoms with Crippen molar-refractivity contribution < 1.29 is 79.2 Å². The molecule has 15 nitrogen and oxygen atoms in total. The molecule has 6 aromatic carbocycles. The number of aromatic carboxylic acids is 2. The highest BCUT2D eigenvalue weighted by atomic mass is 19.4. The number of carbonyl (C=O) groups is 6. The van der Waals surface area contributed by atoms with Gasteiger partial charge in [0.2, 0.25) is 5.91 Å². The lowest BCUT2D eigenvalue weighted by Crippen LogP contribution is -2.46. The van der Waals surface area contributed by atoms with E-state index >= 15 is 0 Å². The van der Waals surface area contributed by atoms with Crippen LogP contribution in [0.1, 0.15) is 164 Å². The Bertz CT molecular complexity index is 3510. The van der Waals surface area contributed by atoms with E-state index in [-0.39, 0.29) is 29.0 Å². The number of rotatable bonds is 13. The van der Waals surface area contributed by atoms with Gasteiger partial charge in [-0.15, -0.1) is 0 Å². The van der Waals surface area contributed by atoms with Gasteiger partial charge in [-0.3, -0.25) is 19.2 Å². The number of nitrogen functional groups attached to an aromatic ring is 1. The minimum absolute atomic E-state index is 0.0260. The molecule has 2 aliphatic heterocycles. The third kappa shape index (κ3) is 16.0. The molecule has 3 amide bonds. The molecular formula is C66H68F8N6O9. The van der Waals surface area contributed by atoms with Crippen molar-refractivity contribution in [3.8, 4) is 0 Å². The Morgan fingerprint density at radius 2 is 0.888 bits per heavy atom. The van der Waals surface area contributed by atoms with Crippen LogP contribution in [0.2, 0.25) is 0 Å². The summed E-state index contributed by atoms with van der Waals surface area (Å²) in [7, 11) is 0. The number of hydrogen-bond donors (Lipinski definition) is 7. The number of likely N-dealkylation sites (tertiary alicyclic amines) is 2. The first-order valence-corrected chi connectivity index (χ1v) is 29.2. The number of aliphatic carboxylic acids is 1. The smallest absolute Gasteiger partial charge is 0.417 e. The molecule has 472 valence electrons. The summed E-state index contributed by atoms with van der Waals surface area (Å²) >= 11 is 0. The van der Waals surface area contributed by atoms with Gasteiger partial charge in [0.05, 0.1) is 57.3 Å². The number of amides is 3. The van der Waals surface area contributed by atoms with Gasteiger partial charge in [0, 0.05) is 47.9 Å². The van der Waals surface area contributed by atoms with Gasteiger partial charge in [0.15, 0.2) is 0 Å². The highest BCUT2D eigenvalue weighted by Gasteiger charge is 2.43. The number of carbonyl (C=O) groups excluding carboxylic acids is 3. The summed E-state index contributed by atoms with van der Waals surface area (Å²) in [4.78, 5) is 77.9. The number of nitrogens with one attached hydrogen (secondary N) is 3. The molecule has 8 N–H and O–H groups in total. The first-order chi connectivity index (χ1) is 42.2. The van der Waals surface area contributed by atoms with E-state index < -0.39 is 106 Å². The van der Waals surface area contributed by atoms with Crippen molar-refractivity contribution in [2.24, 2.45) is 11.8 Å². The zero-order valence-corrected chi connectivity index (χ0v) is 48.7.